The van der Waals surface area contributed by atoms with Crippen LogP contribution < -0.4 is 5.32 Å². The normalized spacial score (nSPS) is 12.1. The molecule has 4 heteroatoms. The van der Waals surface area contributed by atoms with Gasteiger partial charge in [0.25, 0.3) is 0 Å². The summed E-state index contributed by atoms with van der Waals surface area (Å²) in [7, 11) is 0. The molecule has 0 saturated heterocycles. The van der Waals surface area contributed by atoms with Crippen LogP contribution in [0.25, 0.3) is 0 Å². The van der Waals surface area contributed by atoms with Crippen molar-refractivity contribution in [3.8, 4) is 0 Å². The Labute approximate surface area is 101 Å². The van der Waals surface area contributed by atoms with Gasteiger partial charge in [-0.3, -0.25) is 0 Å². The molecular weight excluding hydrogens is 228 g/mol. The molecule has 0 bridgehead atoms. The molecule has 0 aliphatic heterocycles. The van der Waals surface area contributed by atoms with Crippen molar-refractivity contribution in [2.24, 2.45) is 5.41 Å². The molecule has 1 aromatic rings. The predicted molar refractivity (Wildman–Crippen MR) is 67.8 cm³/mol. The first kappa shape index (κ1) is 12.9. The lowest BCUT2D eigenvalue weighted by atomic mass is 9.97. The van der Waals surface area contributed by atoms with Gasteiger partial charge in [-0.2, -0.15) is 0 Å². The minimum Gasteiger partial charge on any atom is -0.310 e. The van der Waals surface area contributed by atoms with Crippen LogP contribution in [0.15, 0.2) is 0 Å². The number of halogens is 1. The van der Waals surface area contributed by atoms with E-state index in [4.69, 9.17) is 11.6 Å². The van der Waals surface area contributed by atoms with Gasteiger partial charge in [0.05, 0.1) is 5.69 Å². The second-order valence-electron chi connectivity index (χ2n) is 4.65. The van der Waals surface area contributed by atoms with Gasteiger partial charge in [0.15, 0.2) is 0 Å². The van der Waals surface area contributed by atoms with E-state index in [0.29, 0.717) is 5.88 Å². The third kappa shape index (κ3) is 4.09. The number of nitrogens with zero attached hydrogens (tertiary/aromatic N) is 1. The van der Waals surface area contributed by atoms with Crippen LogP contribution in [0.4, 0.5) is 0 Å². The molecule has 1 rings (SSSR count). The minimum atomic E-state index is 0.156. The highest BCUT2D eigenvalue weighted by atomic mass is 35.5. The Morgan fingerprint density at radius 2 is 2.07 bits per heavy atom. The zero-order valence-electron chi connectivity index (χ0n) is 9.85. The molecule has 1 aromatic heterocycles. The van der Waals surface area contributed by atoms with Crippen molar-refractivity contribution in [1.29, 1.82) is 0 Å². The maximum atomic E-state index is 5.85. The molecule has 0 spiro atoms. The number of hydrogen-bond acceptors (Lipinski definition) is 3. The fourth-order valence-corrected chi connectivity index (χ4v) is 2.17. The molecule has 1 heterocycles. The van der Waals surface area contributed by atoms with Crippen LogP contribution in [-0.4, -0.2) is 17.4 Å². The third-order valence-electron chi connectivity index (χ3n) is 2.31. The average Bonchev–Trinajstić information content (AvgIpc) is 2.46. The van der Waals surface area contributed by atoms with Gasteiger partial charge in [0.1, 0.15) is 5.01 Å². The van der Waals surface area contributed by atoms with Crippen LogP contribution >= 0.6 is 22.9 Å². The summed E-state index contributed by atoms with van der Waals surface area (Å²) in [5.41, 5.74) is 1.30. The van der Waals surface area contributed by atoms with Crippen molar-refractivity contribution in [3.05, 3.63) is 15.6 Å². The summed E-state index contributed by atoms with van der Waals surface area (Å²) >= 11 is 7.62. The zero-order chi connectivity index (χ0) is 11.5. The van der Waals surface area contributed by atoms with Gasteiger partial charge in [-0.1, -0.05) is 13.8 Å². The molecule has 0 radical (unpaired) electrons. The summed E-state index contributed by atoms with van der Waals surface area (Å²) in [5, 5.41) is 4.56. The van der Waals surface area contributed by atoms with E-state index in [1.54, 1.807) is 11.3 Å². The van der Waals surface area contributed by atoms with Gasteiger partial charge >= 0.3 is 0 Å². The smallest absolute Gasteiger partial charge is 0.107 e. The number of nitrogens with one attached hydrogen (secondary N) is 1. The number of alkyl halides is 1. The number of aromatic nitrogens is 1. The molecule has 0 aliphatic rings. The van der Waals surface area contributed by atoms with Crippen molar-refractivity contribution < 1.29 is 0 Å². The maximum absolute atomic E-state index is 5.85. The summed E-state index contributed by atoms with van der Waals surface area (Å²) < 4.78 is 0. The van der Waals surface area contributed by atoms with E-state index in [-0.39, 0.29) is 5.41 Å². The third-order valence-corrected chi connectivity index (χ3v) is 4.11. The molecule has 86 valence electrons. The Bertz CT molecular complexity index is 301. The lowest BCUT2D eigenvalue weighted by Gasteiger charge is -2.21. The maximum Gasteiger partial charge on any atom is 0.107 e. The van der Waals surface area contributed by atoms with Gasteiger partial charge in [0.2, 0.25) is 0 Å². The Kier molecular flexibility index (Phi) is 4.56. The summed E-state index contributed by atoms with van der Waals surface area (Å²) in [6.45, 7) is 10.3. The zero-order valence-corrected chi connectivity index (χ0v) is 11.4. The first-order chi connectivity index (χ1) is 6.94. The van der Waals surface area contributed by atoms with Crippen molar-refractivity contribution >= 4 is 22.9 Å². The van der Waals surface area contributed by atoms with Crippen LogP contribution in [-0.2, 0) is 6.54 Å². The molecule has 2 nitrogen and oxygen atoms in total. The summed E-state index contributed by atoms with van der Waals surface area (Å²) in [4.78, 5) is 5.79. The topological polar surface area (TPSA) is 24.9 Å². The Morgan fingerprint density at radius 3 is 2.53 bits per heavy atom. The van der Waals surface area contributed by atoms with E-state index >= 15 is 0 Å². The van der Waals surface area contributed by atoms with E-state index in [1.165, 1.54) is 4.88 Å². The number of aryl methyl sites for hydroxylation is 2. The largest absolute Gasteiger partial charge is 0.310 e. The van der Waals surface area contributed by atoms with Crippen molar-refractivity contribution in [3.63, 3.8) is 0 Å². The molecular formula is C11H19ClN2S. The fraction of sp³-hybridized carbons (Fsp3) is 0.727. The highest BCUT2D eigenvalue weighted by molar-refractivity contribution is 7.11. The minimum absolute atomic E-state index is 0.156. The Balaban J connectivity index is 2.38. The predicted octanol–water partition coefficient (Wildman–Crippen LogP) is 3.11. The molecule has 1 N–H and O–H groups in total. The Hall–Kier alpha value is -0.120. The average molecular weight is 247 g/mol. The monoisotopic (exact) mass is 246 g/mol. The number of thiazole rings is 1. The lowest BCUT2D eigenvalue weighted by Crippen LogP contribution is -2.30. The molecule has 0 atom stereocenters. The lowest BCUT2D eigenvalue weighted by molar-refractivity contribution is 0.385. The summed E-state index contributed by atoms with van der Waals surface area (Å²) in [6.07, 6.45) is 0. The van der Waals surface area contributed by atoms with E-state index in [1.807, 2.05) is 0 Å². The molecule has 0 saturated carbocycles. The van der Waals surface area contributed by atoms with E-state index in [0.717, 1.165) is 23.8 Å². The van der Waals surface area contributed by atoms with Crippen LogP contribution in [0.3, 0.4) is 0 Å². The van der Waals surface area contributed by atoms with Crippen LogP contribution in [0.1, 0.15) is 29.4 Å². The van der Waals surface area contributed by atoms with Gasteiger partial charge in [0, 0.05) is 23.8 Å². The number of rotatable bonds is 5. The highest BCUT2D eigenvalue weighted by Gasteiger charge is 2.15. The van der Waals surface area contributed by atoms with Gasteiger partial charge < -0.3 is 5.32 Å². The van der Waals surface area contributed by atoms with Gasteiger partial charge in [-0.15, -0.1) is 22.9 Å². The van der Waals surface area contributed by atoms with E-state index < -0.39 is 0 Å². The quantitative estimate of drug-likeness (QED) is 0.808. The van der Waals surface area contributed by atoms with Gasteiger partial charge in [-0.05, 0) is 19.3 Å². The second-order valence-corrected chi connectivity index (χ2v) is 6.21. The first-order valence-electron chi connectivity index (χ1n) is 5.14. The second kappa shape index (κ2) is 5.28. The molecule has 15 heavy (non-hydrogen) atoms. The fourth-order valence-electron chi connectivity index (χ4n) is 1.17. The molecule has 0 aromatic carbocycles. The van der Waals surface area contributed by atoms with Crippen LogP contribution in [0, 0.1) is 19.3 Å². The van der Waals surface area contributed by atoms with Gasteiger partial charge in [-0.25, -0.2) is 4.98 Å². The SMILES string of the molecule is Cc1nc(CNCC(C)(C)CCl)sc1C. The molecule has 0 fully saturated rings. The van der Waals surface area contributed by atoms with Crippen LogP contribution in [0.5, 0.6) is 0 Å². The molecule has 0 amide bonds. The first-order valence-corrected chi connectivity index (χ1v) is 6.49. The molecule has 0 aliphatic carbocycles. The van der Waals surface area contributed by atoms with Crippen molar-refractivity contribution in [2.75, 3.05) is 12.4 Å². The molecule has 0 unspecified atom stereocenters. The standard InChI is InChI=1S/C11H19ClN2S/c1-8-9(2)15-10(14-8)5-13-7-11(3,4)6-12/h13H,5-7H2,1-4H3. The Morgan fingerprint density at radius 1 is 1.40 bits per heavy atom. The summed E-state index contributed by atoms with van der Waals surface area (Å²) in [5.74, 6) is 0.677. The number of hydrogen-bond donors (Lipinski definition) is 1. The van der Waals surface area contributed by atoms with E-state index in [2.05, 4.69) is 38.0 Å². The van der Waals surface area contributed by atoms with Crippen molar-refractivity contribution in [1.82, 2.24) is 10.3 Å². The summed E-state index contributed by atoms with van der Waals surface area (Å²) in [6, 6.07) is 0. The van der Waals surface area contributed by atoms with E-state index in [9.17, 15) is 0 Å². The highest BCUT2D eigenvalue weighted by Crippen LogP contribution is 2.18. The van der Waals surface area contributed by atoms with Crippen LogP contribution in [0.2, 0.25) is 0 Å². The van der Waals surface area contributed by atoms with Crippen molar-refractivity contribution in [2.45, 2.75) is 34.2 Å².